The highest BCUT2D eigenvalue weighted by Crippen LogP contribution is 2.32. The van der Waals surface area contributed by atoms with Crippen LogP contribution < -0.4 is 10.1 Å². The molecule has 0 aliphatic carbocycles. The first-order valence-corrected chi connectivity index (χ1v) is 7.60. The second-order valence-electron chi connectivity index (χ2n) is 6.06. The van der Waals surface area contributed by atoms with Gasteiger partial charge in [-0.3, -0.25) is 0 Å². The number of rotatable bonds is 2. The van der Waals surface area contributed by atoms with E-state index in [0.717, 1.165) is 37.3 Å². The molecule has 1 atom stereocenters. The summed E-state index contributed by atoms with van der Waals surface area (Å²) in [6.07, 6.45) is 4.39. The van der Waals surface area contributed by atoms with Gasteiger partial charge in [0.25, 0.3) is 0 Å². The maximum atomic E-state index is 5.53. The predicted octanol–water partition coefficient (Wildman–Crippen LogP) is 2.66. The zero-order valence-electron chi connectivity index (χ0n) is 12.2. The second kappa shape index (κ2) is 4.84. The van der Waals surface area contributed by atoms with E-state index in [0.29, 0.717) is 11.7 Å². The third-order valence-electron chi connectivity index (χ3n) is 4.46. The number of nitrogens with zero attached hydrogens (tertiary/aromatic N) is 2. The average Bonchev–Trinajstić information content (AvgIpc) is 3.17. The Kier molecular flexibility index (Phi) is 2.96. The van der Waals surface area contributed by atoms with Crippen LogP contribution in [0.4, 0.5) is 0 Å². The molecule has 2 aliphatic heterocycles. The number of piperidine rings is 1. The number of hydrogen-bond donors (Lipinski definition) is 1. The predicted molar refractivity (Wildman–Crippen MR) is 78.1 cm³/mol. The van der Waals surface area contributed by atoms with Crippen LogP contribution in [0, 0.1) is 0 Å². The van der Waals surface area contributed by atoms with Crippen LogP contribution >= 0.6 is 0 Å². The minimum absolute atomic E-state index is 0.191. The lowest BCUT2D eigenvalue weighted by molar-refractivity contribution is 0.207. The van der Waals surface area contributed by atoms with Gasteiger partial charge in [0.2, 0.25) is 11.7 Å². The van der Waals surface area contributed by atoms with E-state index in [1.807, 2.05) is 12.1 Å². The summed E-state index contributed by atoms with van der Waals surface area (Å²) >= 11 is 0. The summed E-state index contributed by atoms with van der Waals surface area (Å²) in [4.78, 5) is 4.62. The molecule has 5 heteroatoms. The lowest BCUT2D eigenvalue weighted by Crippen LogP contribution is -2.43. The third-order valence-corrected chi connectivity index (χ3v) is 4.46. The van der Waals surface area contributed by atoms with E-state index in [9.17, 15) is 0 Å². The van der Waals surface area contributed by atoms with Gasteiger partial charge in [-0.2, -0.15) is 4.98 Å². The second-order valence-corrected chi connectivity index (χ2v) is 6.06. The van der Waals surface area contributed by atoms with Gasteiger partial charge in [0.1, 0.15) is 5.75 Å². The van der Waals surface area contributed by atoms with Crippen molar-refractivity contribution in [3.8, 4) is 17.1 Å². The van der Waals surface area contributed by atoms with Crippen molar-refractivity contribution in [3.63, 3.8) is 0 Å². The molecule has 21 heavy (non-hydrogen) atoms. The van der Waals surface area contributed by atoms with Gasteiger partial charge in [-0.15, -0.1) is 0 Å². The molecule has 1 N–H and O–H groups in total. The van der Waals surface area contributed by atoms with Crippen LogP contribution in [0.15, 0.2) is 22.7 Å². The first kappa shape index (κ1) is 12.8. The molecule has 2 aromatic rings. The van der Waals surface area contributed by atoms with E-state index in [2.05, 4.69) is 28.4 Å². The summed E-state index contributed by atoms with van der Waals surface area (Å²) in [5, 5.41) is 7.67. The first-order chi connectivity index (χ1) is 10.2. The number of fused-ring (bicyclic) bond motifs is 1. The summed E-state index contributed by atoms with van der Waals surface area (Å²) in [7, 11) is 0. The van der Waals surface area contributed by atoms with Gasteiger partial charge in [-0.1, -0.05) is 5.16 Å². The molecule has 1 saturated heterocycles. The Bertz CT molecular complexity index is 659. The molecule has 0 saturated carbocycles. The fraction of sp³-hybridized carbons (Fsp3) is 0.500. The lowest BCUT2D eigenvalue weighted by Gasteiger charge is -2.31. The van der Waals surface area contributed by atoms with Crippen molar-refractivity contribution in [2.24, 2.45) is 0 Å². The van der Waals surface area contributed by atoms with Gasteiger partial charge < -0.3 is 14.6 Å². The standard InChI is InChI=1S/C16H19N3O2/c1-16(7-2-3-8-17-16)15-18-14(19-21-15)12-4-5-13-11(10-12)6-9-20-13/h4-5,10,17H,2-3,6-9H2,1H3. The minimum Gasteiger partial charge on any atom is -0.493 e. The Hall–Kier alpha value is -1.88. The van der Waals surface area contributed by atoms with Crippen molar-refractivity contribution in [2.45, 2.75) is 38.1 Å². The van der Waals surface area contributed by atoms with Gasteiger partial charge in [0.15, 0.2) is 0 Å². The fourth-order valence-corrected chi connectivity index (χ4v) is 3.13. The van der Waals surface area contributed by atoms with Crippen LogP contribution in [-0.2, 0) is 12.0 Å². The maximum absolute atomic E-state index is 5.53. The molecule has 3 heterocycles. The Morgan fingerprint density at radius 2 is 2.24 bits per heavy atom. The molecule has 2 aliphatic rings. The first-order valence-electron chi connectivity index (χ1n) is 7.60. The SMILES string of the molecule is CC1(c2nc(-c3ccc4c(c3)CCO4)no2)CCCCN1. The monoisotopic (exact) mass is 285 g/mol. The molecular weight excluding hydrogens is 266 g/mol. The molecule has 1 aromatic carbocycles. The Labute approximate surface area is 123 Å². The van der Waals surface area contributed by atoms with E-state index in [1.165, 1.54) is 18.4 Å². The van der Waals surface area contributed by atoms with Crippen molar-refractivity contribution in [1.82, 2.24) is 15.5 Å². The van der Waals surface area contributed by atoms with Crippen LogP contribution in [0.1, 0.15) is 37.6 Å². The van der Waals surface area contributed by atoms with E-state index >= 15 is 0 Å². The molecule has 0 radical (unpaired) electrons. The minimum atomic E-state index is -0.191. The number of benzene rings is 1. The Balaban J connectivity index is 1.65. The summed E-state index contributed by atoms with van der Waals surface area (Å²) in [6.45, 7) is 3.91. The third kappa shape index (κ3) is 2.21. The van der Waals surface area contributed by atoms with Gasteiger partial charge in [-0.25, -0.2) is 0 Å². The van der Waals surface area contributed by atoms with E-state index in [4.69, 9.17) is 9.26 Å². The fourth-order valence-electron chi connectivity index (χ4n) is 3.13. The molecule has 1 fully saturated rings. The highest BCUT2D eigenvalue weighted by atomic mass is 16.5. The maximum Gasteiger partial charge on any atom is 0.246 e. The van der Waals surface area contributed by atoms with E-state index in [1.54, 1.807) is 0 Å². The lowest BCUT2D eigenvalue weighted by atomic mass is 9.91. The molecule has 1 unspecified atom stereocenters. The van der Waals surface area contributed by atoms with Crippen molar-refractivity contribution < 1.29 is 9.26 Å². The molecule has 0 spiro atoms. The molecule has 0 amide bonds. The number of aromatic nitrogens is 2. The van der Waals surface area contributed by atoms with Crippen molar-refractivity contribution in [1.29, 1.82) is 0 Å². The van der Waals surface area contributed by atoms with Crippen LogP contribution in [0.5, 0.6) is 5.75 Å². The zero-order chi connectivity index (χ0) is 14.3. The van der Waals surface area contributed by atoms with Crippen molar-refractivity contribution in [2.75, 3.05) is 13.2 Å². The van der Waals surface area contributed by atoms with Gasteiger partial charge in [0, 0.05) is 12.0 Å². The zero-order valence-corrected chi connectivity index (χ0v) is 12.2. The quantitative estimate of drug-likeness (QED) is 0.919. The molecule has 0 bridgehead atoms. The smallest absolute Gasteiger partial charge is 0.246 e. The highest BCUT2D eigenvalue weighted by molar-refractivity contribution is 5.59. The highest BCUT2D eigenvalue weighted by Gasteiger charge is 2.34. The Morgan fingerprint density at radius 3 is 3.10 bits per heavy atom. The number of hydrogen-bond acceptors (Lipinski definition) is 5. The summed E-state index contributed by atoms with van der Waals surface area (Å²) in [6, 6.07) is 6.09. The molecule has 5 nitrogen and oxygen atoms in total. The van der Waals surface area contributed by atoms with Gasteiger partial charge >= 0.3 is 0 Å². The molecule has 110 valence electrons. The van der Waals surface area contributed by atoms with E-state index < -0.39 is 0 Å². The summed E-state index contributed by atoms with van der Waals surface area (Å²) < 4.78 is 11.1. The summed E-state index contributed by atoms with van der Waals surface area (Å²) in [5.41, 5.74) is 2.03. The van der Waals surface area contributed by atoms with Crippen molar-refractivity contribution >= 4 is 0 Å². The van der Waals surface area contributed by atoms with Crippen molar-refractivity contribution in [3.05, 3.63) is 29.7 Å². The number of ether oxygens (including phenoxy) is 1. The van der Waals surface area contributed by atoms with Crippen LogP contribution in [0.25, 0.3) is 11.4 Å². The normalized spacial score (nSPS) is 24.6. The van der Waals surface area contributed by atoms with Crippen LogP contribution in [0.3, 0.4) is 0 Å². The van der Waals surface area contributed by atoms with E-state index in [-0.39, 0.29) is 5.54 Å². The van der Waals surface area contributed by atoms with Gasteiger partial charge in [0.05, 0.1) is 12.1 Å². The van der Waals surface area contributed by atoms with Crippen LogP contribution in [0.2, 0.25) is 0 Å². The topological polar surface area (TPSA) is 60.2 Å². The molecular formula is C16H19N3O2. The largest absolute Gasteiger partial charge is 0.493 e. The molecule has 1 aromatic heterocycles. The van der Waals surface area contributed by atoms with Gasteiger partial charge in [-0.05, 0) is 56.5 Å². The molecule has 4 rings (SSSR count). The van der Waals surface area contributed by atoms with Crippen LogP contribution in [-0.4, -0.2) is 23.3 Å². The summed E-state index contributed by atoms with van der Waals surface area (Å²) in [5.74, 6) is 2.32. The Morgan fingerprint density at radius 1 is 1.29 bits per heavy atom. The number of nitrogens with one attached hydrogen (secondary N) is 1. The average molecular weight is 285 g/mol.